The molecule has 0 amide bonds. The van der Waals surface area contributed by atoms with Gasteiger partial charge in [0.15, 0.2) is 0 Å². The molecule has 0 fully saturated rings. The third-order valence-corrected chi connectivity index (χ3v) is 4.71. The summed E-state index contributed by atoms with van der Waals surface area (Å²) in [5, 5.41) is 13.0. The van der Waals surface area contributed by atoms with Crippen LogP contribution in [-0.2, 0) is 13.0 Å². The van der Waals surface area contributed by atoms with Crippen LogP contribution in [0.2, 0.25) is 0 Å². The van der Waals surface area contributed by atoms with E-state index in [1.807, 2.05) is 13.0 Å². The summed E-state index contributed by atoms with van der Waals surface area (Å²) in [5.41, 5.74) is 4.70. The maximum absolute atomic E-state index is 9.78. The van der Waals surface area contributed by atoms with E-state index in [9.17, 15) is 5.11 Å². The standard InChI is InChI=1S/C20H28N4O/c1-5-21-20-22-18(13(2)3)11-19(23-20)24-9-8-16-10-15(14(4)25)6-7-17(16)12-24/h6-7,10-11,13-14,25H,5,8-9,12H2,1-4H3,(H,21,22,23)/t14-/m0/s1. The number of hydrogen-bond donors (Lipinski definition) is 2. The van der Waals surface area contributed by atoms with E-state index >= 15 is 0 Å². The van der Waals surface area contributed by atoms with E-state index in [2.05, 4.69) is 54.2 Å². The Kier molecular flexibility index (Phi) is 5.23. The van der Waals surface area contributed by atoms with Crippen LogP contribution in [0.4, 0.5) is 11.8 Å². The number of nitrogens with one attached hydrogen (secondary N) is 1. The van der Waals surface area contributed by atoms with Gasteiger partial charge < -0.3 is 15.3 Å². The van der Waals surface area contributed by atoms with E-state index in [4.69, 9.17) is 4.98 Å². The number of rotatable bonds is 5. The number of hydrogen-bond acceptors (Lipinski definition) is 5. The highest BCUT2D eigenvalue weighted by Gasteiger charge is 2.20. The number of aliphatic hydroxyl groups excluding tert-OH is 1. The molecule has 0 unspecified atom stereocenters. The molecule has 1 aromatic heterocycles. The average Bonchev–Trinajstić information content (AvgIpc) is 2.60. The Labute approximate surface area is 150 Å². The zero-order chi connectivity index (χ0) is 18.0. The predicted octanol–water partition coefficient (Wildman–Crippen LogP) is 3.65. The smallest absolute Gasteiger partial charge is 0.224 e. The molecule has 0 bridgehead atoms. The highest BCUT2D eigenvalue weighted by atomic mass is 16.3. The largest absolute Gasteiger partial charge is 0.389 e. The molecule has 0 saturated heterocycles. The maximum atomic E-state index is 9.78. The van der Waals surface area contributed by atoms with Gasteiger partial charge in [0.2, 0.25) is 5.95 Å². The van der Waals surface area contributed by atoms with E-state index in [-0.39, 0.29) is 0 Å². The lowest BCUT2D eigenvalue weighted by Crippen LogP contribution is -2.31. The lowest BCUT2D eigenvalue weighted by atomic mass is 9.96. The van der Waals surface area contributed by atoms with Gasteiger partial charge in [0, 0.05) is 25.7 Å². The van der Waals surface area contributed by atoms with Gasteiger partial charge in [0.1, 0.15) is 5.82 Å². The van der Waals surface area contributed by atoms with Crippen molar-refractivity contribution in [2.75, 3.05) is 23.3 Å². The third-order valence-electron chi connectivity index (χ3n) is 4.71. The molecule has 25 heavy (non-hydrogen) atoms. The Morgan fingerprint density at radius 3 is 2.64 bits per heavy atom. The van der Waals surface area contributed by atoms with Gasteiger partial charge in [-0.25, -0.2) is 4.98 Å². The first-order valence-electron chi connectivity index (χ1n) is 9.15. The summed E-state index contributed by atoms with van der Waals surface area (Å²) in [4.78, 5) is 11.6. The van der Waals surface area contributed by atoms with Crippen molar-refractivity contribution < 1.29 is 5.11 Å². The normalized spacial score (nSPS) is 15.2. The summed E-state index contributed by atoms with van der Waals surface area (Å²) in [6.07, 6.45) is 0.550. The zero-order valence-corrected chi connectivity index (χ0v) is 15.6. The van der Waals surface area contributed by atoms with Crippen molar-refractivity contribution in [2.45, 2.75) is 52.7 Å². The second-order valence-corrected chi connectivity index (χ2v) is 7.04. The van der Waals surface area contributed by atoms with Crippen molar-refractivity contribution >= 4 is 11.8 Å². The third kappa shape index (κ3) is 3.93. The predicted molar refractivity (Wildman–Crippen MR) is 102 cm³/mol. The number of anilines is 2. The molecule has 2 heterocycles. The molecule has 5 nitrogen and oxygen atoms in total. The van der Waals surface area contributed by atoms with Crippen LogP contribution in [0.1, 0.15) is 62.1 Å². The van der Waals surface area contributed by atoms with E-state index < -0.39 is 6.10 Å². The molecule has 3 rings (SSSR count). The van der Waals surface area contributed by atoms with Crippen LogP contribution < -0.4 is 10.2 Å². The molecule has 2 aromatic rings. The summed E-state index contributed by atoms with van der Waals surface area (Å²) < 4.78 is 0. The van der Waals surface area contributed by atoms with E-state index in [0.29, 0.717) is 11.9 Å². The van der Waals surface area contributed by atoms with Gasteiger partial charge in [0.05, 0.1) is 11.8 Å². The van der Waals surface area contributed by atoms with Crippen molar-refractivity contribution in [1.29, 1.82) is 0 Å². The summed E-state index contributed by atoms with van der Waals surface area (Å²) in [7, 11) is 0. The second-order valence-electron chi connectivity index (χ2n) is 7.04. The van der Waals surface area contributed by atoms with Crippen molar-refractivity contribution in [1.82, 2.24) is 9.97 Å². The molecule has 2 N–H and O–H groups in total. The Bertz CT molecular complexity index is 742. The first-order valence-corrected chi connectivity index (χ1v) is 9.15. The topological polar surface area (TPSA) is 61.3 Å². The highest BCUT2D eigenvalue weighted by Crippen LogP contribution is 2.28. The molecule has 0 aliphatic carbocycles. The Hall–Kier alpha value is -2.14. The van der Waals surface area contributed by atoms with Gasteiger partial charge in [-0.2, -0.15) is 4.98 Å². The molecule has 0 spiro atoms. The number of benzene rings is 1. The zero-order valence-electron chi connectivity index (χ0n) is 15.6. The molecular formula is C20H28N4O. The molecular weight excluding hydrogens is 312 g/mol. The molecule has 1 aromatic carbocycles. The molecule has 1 aliphatic heterocycles. The lowest BCUT2D eigenvalue weighted by Gasteiger charge is -2.31. The van der Waals surface area contributed by atoms with E-state index in [0.717, 1.165) is 43.1 Å². The molecule has 134 valence electrons. The number of aliphatic hydroxyl groups is 1. The van der Waals surface area contributed by atoms with Gasteiger partial charge in [0.25, 0.3) is 0 Å². The molecule has 5 heteroatoms. The van der Waals surface area contributed by atoms with Crippen LogP contribution in [0.5, 0.6) is 0 Å². The van der Waals surface area contributed by atoms with Crippen LogP contribution in [0.25, 0.3) is 0 Å². The van der Waals surface area contributed by atoms with Gasteiger partial charge >= 0.3 is 0 Å². The number of nitrogens with zero attached hydrogens (tertiary/aromatic N) is 3. The maximum Gasteiger partial charge on any atom is 0.224 e. The SMILES string of the molecule is CCNc1nc(C(C)C)cc(N2CCc3cc([C@H](C)O)ccc3C2)n1. The van der Waals surface area contributed by atoms with Gasteiger partial charge in [-0.15, -0.1) is 0 Å². The first-order chi connectivity index (χ1) is 12.0. The Balaban J connectivity index is 1.88. The van der Waals surface area contributed by atoms with E-state index in [1.54, 1.807) is 0 Å². The van der Waals surface area contributed by atoms with Crippen LogP contribution in [0.15, 0.2) is 24.3 Å². The summed E-state index contributed by atoms with van der Waals surface area (Å²) in [6, 6.07) is 8.41. The first kappa shape index (κ1) is 17.7. The minimum absolute atomic E-state index is 0.366. The quantitative estimate of drug-likeness (QED) is 0.870. The fraction of sp³-hybridized carbons (Fsp3) is 0.500. The Morgan fingerprint density at radius 2 is 1.96 bits per heavy atom. The van der Waals surface area contributed by atoms with Crippen LogP contribution >= 0.6 is 0 Å². The molecule has 0 saturated carbocycles. The molecule has 1 aliphatic rings. The van der Waals surface area contributed by atoms with Crippen molar-refractivity contribution in [3.63, 3.8) is 0 Å². The fourth-order valence-corrected chi connectivity index (χ4v) is 3.18. The average molecular weight is 340 g/mol. The fourth-order valence-electron chi connectivity index (χ4n) is 3.18. The Morgan fingerprint density at radius 1 is 1.16 bits per heavy atom. The van der Waals surface area contributed by atoms with Gasteiger partial charge in [-0.05, 0) is 42.9 Å². The van der Waals surface area contributed by atoms with Crippen molar-refractivity contribution in [2.24, 2.45) is 0 Å². The minimum Gasteiger partial charge on any atom is -0.389 e. The summed E-state index contributed by atoms with van der Waals surface area (Å²) >= 11 is 0. The van der Waals surface area contributed by atoms with Gasteiger partial charge in [-0.3, -0.25) is 0 Å². The minimum atomic E-state index is -0.415. The van der Waals surface area contributed by atoms with E-state index in [1.165, 1.54) is 11.1 Å². The number of fused-ring (bicyclic) bond motifs is 1. The highest BCUT2D eigenvalue weighted by molar-refractivity contribution is 5.49. The second kappa shape index (κ2) is 7.40. The van der Waals surface area contributed by atoms with Crippen molar-refractivity contribution in [3.8, 4) is 0 Å². The monoisotopic (exact) mass is 340 g/mol. The molecule has 1 atom stereocenters. The van der Waals surface area contributed by atoms with Gasteiger partial charge in [-0.1, -0.05) is 32.0 Å². The summed E-state index contributed by atoms with van der Waals surface area (Å²) in [5.74, 6) is 2.06. The van der Waals surface area contributed by atoms with Crippen molar-refractivity contribution in [3.05, 3.63) is 46.6 Å². The summed E-state index contributed by atoms with van der Waals surface area (Å²) in [6.45, 7) is 10.8. The number of aromatic nitrogens is 2. The molecule has 0 radical (unpaired) electrons. The lowest BCUT2D eigenvalue weighted by molar-refractivity contribution is 0.199. The van der Waals surface area contributed by atoms with Crippen LogP contribution in [-0.4, -0.2) is 28.2 Å². The van der Waals surface area contributed by atoms with Crippen LogP contribution in [0, 0.1) is 0 Å². The van der Waals surface area contributed by atoms with Crippen LogP contribution in [0.3, 0.4) is 0 Å².